The molecule has 4 heteroatoms. The fraction of sp³-hybridized carbons (Fsp3) is 0.250. The molecule has 0 aliphatic heterocycles. The predicted octanol–water partition coefficient (Wildman–Crippen LogP) is 13.7. The average Bonchev–Trinajstić information content (AvgIpc) is 3.73. The van der Waals surface area contributed by atoms with E-state index in [0.717, 1.165) is 74.4 Å². The lowest BCUT2D eigenvalue weighted by molar-refractivity contribution is 0.265. The predicted molar refractivity (Wildman–Crippen MR) is 244 cm³/mol. The Morgan fingerprint density at radius 2 is 0.533 bits per heavy atom. The molecule has 2 aliphatic rings. The molecular formula is C56H54O4. The SMILES string of the molecule is c1ccc(OCCCC2(CCCOc3ccccc3)c3ccccc3-c3cc4c(cc32)-c2ccccc2C4(CCCOc2ccccc2)CCCOc2ccccc2)cc1. The third-order valence-corrected chi connectivity index (χ3v) is 12.7. The molecule has 9 rings (SSSR count). The van der Waals surface area contributed by atoms with E-state index in [0.29, 0.717) is 26.4 Å². The number of hydrogen-bond acceptors (Lipinski definition) is 4. The first-order valence-electron chi connectivity index (χ1n) is 21.8. The molecule has 7 aromatic rings. The van der Waals surface area contributed by atoms with Gasteiger partial charge < -0.3 is 18.9 Å². The van der Waals surface area contributed by atoms with Crippen LogP contribution in [0.1, 0.15) is 73.6 Å². The fourth-order valence-corrected chi connectivity index (χ4v) is 10.0. The van der Waals surface area contributed by atoms with Crippen molar-refractivity contribution >= 4 is 0 Å². The topological polar surface area (TPSA) is 36.9 Å². The highest BCUT2D eigenvalue weighted by atomic mass is 16.5. The molecule has 0 fully saturated rings. The third-order valence-electron chi connectivity index (χ3n) is 12.7. The van der Waals surface area contributed by atoms with Crippen molar-refractivity contribution in [3.05, 3.63) is 204 Å². The summed E-state index contributed by atoms with van der Waals surface area (Å²) in [6.07, 6.45) is 7.65. The van der Waals surface area contributed by atoms with Crippen LogP contribution in [-0.4, -0.2) is 26.4 Å². The molecule has 4 nitrogen and oxygen atoms in total. The van der Waals surface area contributed by atoms with Crippen LogP contribution < -0.4 is 18.9 Å². The monoisotopic (exact) mass is 790 g/mol. The van der Waals surface area contributed by atoms with E-state index in [4.69, 9.17) is 18.9 Å². The van der Waals surface area contributed by atoms with E-state index in [9.17, 15) is 0 Å². The number of benzene rings is 7. The van der Waals surface area contributed by atoms with Gasteiger partial charge in [0, 0.05) is 10.8 Å². The van der Waals surface area contributed by atoms with E-state index in [2.05, 4.69) is 60.7 Å². The normalized spacial score (nSPS) is 13.7. The Labute approximate surface area is 355 Å². The van der Waals surface area contributed by atoms with Gasteiger partial charge in [0.25, 0.3) is 0 Å². The number of ether oxygens (including phenoxy) is 4. The van der Waals surface area contributed by atoms with Gasteiger partial charge in [-0.25, -0.2) is 0 Å². The largest absolute Gasteiger partial charge is 0.494 e. The first-order valence-corrected chi connectivity index (χ1v) is 21.8. The molecule has 0 amide bonds. The van der Waals surface area contributed by atoms with Gasteiger partial charge in [-0.15, -0.1) is 0 Å². The van der Waals surface area contributed by atoms with Crippen LogP contribution in [0.5, 0.6) is 23.0 Å². The van der Waals surface area contributed by atoms with Crippen molar-refractivity contribution < 1.29 is 18.9 Å². The number of hydrogen-bond donors (Lipinski definition) is 0. The molecule has 60 heavy (non-hydrogen) atoms. The molecule has 0 heterocycles. The van der Waals surface area contributed by atoms with Crippen LogP contribution in [0, 0.1) is 0 Å². The van der Waals surface area contributed by atoms with Crippen LogP contribution in [0.4, 0.5) is 0 Å². The molecule has 0 aromatic heterocycles. The molecule has 302 valence electrons. The number of fused-ring (bicyclic) bond motifs is 6. The van der Waals surface area contributed by atoms with E-state index in [1.807, 2.05) is 121 Å². The number of rotatable bonds is 20. The van der Waals surface area contributed by atoms with Gasteiger partial charge >= 0.3 is 0 Å². The smallest absolute Gasteiger partial charge is 0.119 e. The molecular weight excluding hydrogens is 737 g/mol. The molecule has 0 N–H and O–H groups in total. The van der Waals surface area contributed by atoms with Gasteiger partial charge in [0.05, 0.1) is 26.4 Å². The Morgan fingerprint density at radius 1 is 0.267 bits per heavy atom. The zero-order chi connectivity index (χ0) is 40.5. The maximum Gasteiger partial charge on any atom is 0.119 e. The van der Waals surface area contributed by atoms with E-state index in [1.54, 1.807) is 0 Å². The molecule has 0 bridgehead atoms. The fourth-order valence-electron chi connectivity index (χ4n) is 10.0. The van der Waals surface area contributed by atoms with Gasteiger partial charge in [-0.2, -0.15) is 0 Å². The maximum atomic E-state index is 6.32. The van der Waals surface area contributed by atoms with Crippen molar-refractivity contribution in [1.29, 1.82) is 0 Å². The van der Waals surface area contributed by atoms with E-state index < -0.39 is 0 Å². The van der Waals surface area contributed by atoms with Crippen molar-refractivity contribution in [2.24, 2.45) is 0 Å². The first-order chi connectivity index (χ1) is 29.7. The molecule has 0 unspecified atom stereocenters. The van der Waals surface area contributed by atoms with Crippen molar-refractivity contribution in [1.82, 2.24) is 0 Å². The zero-order valence-electron chi connectivity index (χ0n) is 34.4. The summed E-state index contributed by atoms with van der Waals surface area (Å²) in [5.41, 5.74) is 10.8. The molecule has 0 radical (unpaired) electrons. The van der Waals surface area contributed by atoms with Crippen molar-refractivity contribution in [3.63, 3.8) is 0 Å². The summed E-state index contributed by atoms with van der Waals surface area (Å²) in [6.45, 7) is 2.65. The summed E-state index contributed by atoms with van der Waals surface area (Å²) >= 11 is 0. The van der Waals surface area contributed by atoms with Gasteiger partial charge in [0.15, 0.2) is 0 Å². The summed E-state index contributed by atoms with van der Waals surface area (Å²) in [4.78, 5) is 0. The van der Waals surface area contributed by atoms with Crippen LogP contribution in [0.25, 0.3) is 22.3 Å². The Bertz CT molecular complexity index is 2180. The lowest BCUT2D eigenvalue weighted by atomic mass is 9.69. The highest BCUT2D eigenvalue weighted by molar-refractivity contribution is 5.90. The van der Waals surface area contributed by atoms with Crippen LogP contribution >= 0.6 is 0 Å². The standard InChI is InChI=1S/C56H54O4/c1-5-21-43(22-6-1)57-37-17-33-55(34-18-38-58-44-23-7-2-8-24-44)51-31-15-13-29-47(51)49-42-54-50(41-53(49)55)48-30-14-16-32-52(48)56(54,35-19-39-59-45-25-9-3-10-26-45)36-20-40-60-46-27-11-4-12-28-46/h1-16,21-32,41-42H,17-20,33-40H2. The molecule has 0 atom stereocenters. The highest BCUT2D eigenvalue weighted by Gasteiger charge is 2.47. The summed E-state index contributed by atoms with van der Waals surface area (Å²) in [6, 6.07) is 64.4. The van der Waals surface area contributed by atoms with Crippen molar-refractivity contribution in [2.45, 2.75) is 62.2 Å². The highest BCUT2D eigenvalue weighted by Crippen LogP contribution is 2.60. The van der Waals surface area contributed by atoms with Gasteiger partial charge in [-0.05, 0) is 157 Å². The Balaban J connectivity index is 1.08. The van der Waals surface area contributed by atoms with Gasteiger partial charge in [0.2, 0.25) is 0 Å². The van der Waals surface area contributed by atoms with E-state index in [-0.39, 0.29) is 10.8 Å². The van der Waals surface area contributed by atoms with Crippen LogP contribution in [0.15, 0.2) is 182 Å². The minimum absolute atomic E-state index is 0.186. The summed E-state index contributed by atoms with van der Waals surface area (Å²) in [5.74, 6) is 3.68. The van der Waals surface area contributed by atoms with Crippen LogP contribution in [0.2, 0.25) is 0 Å². The first kappa shape index (κ1) is 39.2. The third kappa shape index (κ3) is 8.16. The van der Waals surface area contributed by atoms with Crippen molar-refractivity contribution in [2.75, 3.05) is 26.4 Å². The second-order valence-corrected chi connectivity index (χ2v) is 16.3. The summed E-state index contributed by atoms with van der Waals surface area (Å²) in [7, 11) is 0. The second-order valence-electron chi connectivity index (χ2n) is 16.3. The lowest BCUT2D eigenvalue weighted by Crippen LogP contribution is -2.28. The summed E-state index contributed by atoms with van der Waals surface area (Å²) in [5, 5.41) is 0. The molecule has 7 aromatic carbocycles. The molecule has 0 spiro atoms. The van der Waals surface area contributed by atoms with Crippen molar-refractivity contribution in [3.8, 4) is 45.3 Å². The summed E-state index contributed by atoms with van der Waals surface area (Å²) < 4.78 is 25.3. The Morgan fingerprint density at radius 3 is 0.833 bits per heavy atom. The molecule has 0 saturated heterocycles. The number of para-hydroxylation sites is 4. The van der Waals surface area contributed by atoms with Gasteiger partial charge in [-0.1, -0.05) is 121 Å². The Hall–Kier alpha value is -6.26. The van der Waals surface area contributed by atoms with E-state index >= 15 is 0 Å². The lowest BCUT2D eigenvalue weighted by Gasteiger charge is -2.34. The molecule has 2 aliphatic carbocycles. The Kier molecular flexibility index (Phi) is 12.0. The van der Waals surface area contributed by atoms with Gasteiger partial charge in [-0.3, -0.25) is 0 Å². The maximum absolute atomic E-state index is 6.32. The average molecular weight is 791 g/mol. The minimum Gasteiger partial charge on any atom is -0.494 e. The minimum atomic E-state index is -0.186. The van der Waals surface area contributed by atoms with Gasteiger partial charge in [0.1, 0.15) is 23.0 Å². The zero-order valence-corrected chi connectivity index (χ0v) is 34.4. The van der Waals surface area contributed by atoms with E-state index in [1.165, 1.54) is 44.5 Å². The van der Waals surface area contributed by atoms with Crippen LogP contribution in [0.3, 0.4) is 0 Å². The van der Waals surface area contributed by atoms with Crippen LogP contribution in [-0.2, 0) is 10.8 Å². The quantitative estimate of drug-likeness (QED) is 0.0721. The molecule has 0 saturated carbocycles. The second kappa shape index (κ2) is 18.3.